The highest BCUT2D eigenvalue weighted by atomic mass is 19.1. The first-order chi connectivity index (χ1) is 7.82. The van der Waals surface area contributed by atoms with Gasteiger partial charge < -0.3 is 4.74 Å². The molecule has 1 rings (SSSR count). The van der Waals surface area contributed by atoms with Crippen LogP contribution in [0, 0.1) is 11.2 Å². The molecule has 0 radical (unpaired) electrons. The van der Waals surface area contributed by atoms with Crippen LogP contribution in [0.25, 0.3) is 0 Å². The second kappa shape index (κ2) is 5.08. The number of halogens is 1. The highest BCUT2D eigenvalue weighted by molar-refractivity contribution is 5.92. The molecule has 1 aromatic carbocycles. The number of ether oxygens (including phenoxy) is 1. The summed E-state index contributed by atoms with van der Waals surface area (Å²) in [4.78, 5) is 23.0. The van der Waals surface area contributed by atoms with Crippen molar-refractivity contribution in [3.8, 4) is 0 Å². The number of hydrogen-bond donors (Lipinski definition) is 0. The lowest BCUT2D eigenvalue weighted by atomic mass is 9.91. The van der Waals surface area contributed by atoms with E-state index in [4.69, 9.17) is 4.74 Å². The van der Waals surface area contributed by atoms with Gasteiger partial charge in [0.15, 0.2) is 12.4 Å². The molecule has 17 heavy (non-hydrogen) atoms. The Hall–Kier alpha value is -1.71. The van der Waals surface area contributed by atoms with Crippen LogP contribution in [0.15, 0.2) is 24.3 Å². The zero-order chi connectivity index (χ0) is 13.1. The fourth-order valence-corrected chi connectivity index (χ4v) is 1.05. The molecular formula is C13H15FO3. The lowest BCUT2D eigenvalue weighted by Crippen LogP contribution is -2.26. The molecule has 0 saturated carbocycles. The average molecular weight is 238 g/mol. The van der Waals surface area contributed by atoms with Crippen molar-refractivity contribution in [3.63, 3.8) is 0 Å². The first kappa shape index (κ1) is 13.4. The number of hydrogen-bond acceptors (Lipinski definition) is 3. The molecule has 0 aliphatic rings. The molecule has 0 aliphatic heterocycles. The second-order valence-electron chi connectivity index (χ2n) is 4.73. The van der Waals surface area contributed by atoms with E-state index in [1.165, 1.54) is 24.3 Å². The highest BCUT2D eigenvalue weighted by Gasteiger charge is 2.23. The third-order valence-electron chi connectivity index (χ3n) is 2.26. The predicted octanol–water partition coefficient (Wildman–Crippen LogP) is 2.60. The smallest absolute Gasteiger partial charge is 0.341 e. The summed E-state index contributed by atoms with van der Waals surface area (Å²) in [6, 6.07) is 5.50. The Morgan fingerprint density at radius 2 is 1.82 bits per heavy atom. The highest BCUT2D eigenvalue weighted by Crippen LogP contribution is 2.15. The molecule has 0 bridgehead atoms. The molecule has 1 aromatic rings. The Kier molecular flexibility index (Phi) is 3.99. The molecule has 92 valence electrons. The van der Waals surface area contributed by atoms with Crippen LogP contribution in [-0.2, 0) is 9.53 Å². The second-order valence-corrected chi connectivity index (χ2v) is 4.73. The lowest BCUT2D eigenvalue weighted by Gasteiger charge is -2.16. The van der Waals surface area contributed by atoms with E-state index in [0.717, 1.165) is 0 Å². The standard InChI is InChI=1S/C13H15FO3/c1-13(2,3)11(15)8-17-12(16)9-6-4-5-7-10(9)14/h4-7H,8H2,1-3H3. The Balaban J connectivity index is 2.63. The minimum atomic E-state index is -0.819. The van der Waals surface area contributed by atoms with Crippen LogP contribution in [-0.4, -0.2) is 18.4 Å². The molecule has 0 fully saturated rings. The minimum absolute atomic E-state index is 0.158. The summed E-state index contributed by atoms with van der Waals surface area (Å²) in [7, 11) is 0. The van der Waals surface area contributed by atoms with Gasteiger partial charge in [-0.15, -0.1) is 0 Å². The maximum absolute atomic E-state index is 13.2. The van der Waals surface area contributed by atoms with Crippen LogP contribution >= 0.6 is 0 Å². The fourth-order valence-electron chi connectivity index (χ4n) is 1.05. The van der Waals surface area contributed by atoms with Gasteiger partial charge in [0.1, 0.15) is 5.82 Å². The van der Waals surface area contributed by atoms with E-state index in [2.05, 4.69) is 0 Å². The van der Waals surface area contributed by atoms with E-state index in [0.29, 0.717) is 0 Å². The summed E-state index contributed by atoms with van der Waals surface area (Å²) in [5, 5.41) is 0. The molecular weight excluding hydrogens is 223 g/mol. The van der Waals surface area contributed by atoms with Crippen molar-refractivity contribution in [1.29, 1.82) is 0 Å². The van der Waals surface area contributed by atoms with Gasteiger partial charge in [0.25, 0.3) is 0 Å². The Morgan fingerprint density at radius 1 is 1.24 bits per heavy atom. The number of ketones is 1. The van der Waals surface area contributed by atoms with E-state index < -0.39 is 17.2 Å². The number of rotatable bonds is 3. The molecule has 0 amide bonds. The van der Waals surface area contributed by atoms with Gasteiger partial charge in [-0.1, -0.05) is 32.9 Å². The average Bonchev–Trinajstić information content (AvgIpc) is 2.24. The number of carbonyl (C=O) groups is 2. The normalized spacial score (nSPS) is 11.1. The van der Waals surface area contributed by atoms with Crippen molar-refractivity contribution < 1.29 is 18.7 Å². The Morgan fingerprint density at radius 3 is 2.35 bits per heavy atom. The lowest BCUT2D eigenvalue weighted by molar-refractivity contribution is -0.129. The van der Waals surface area contributed by atoms with Crippen molar-refractivity contribution in [2.75, 3.05) is 6.61 Å². The van der Waals surface area contributed by atoms with Gasteiger partial charge in [0.2, 0.25) is 0 Å². The van der Waals surface area contributed by atoms with Crippen molar-refractivity contribution in [2.45, 2.75) is 20.8 Å². The monoisotopic (exact) mass is 238 g/mol. The van der Waals surface area contributed by atoms with E-state index in [1.807, 2.05) is 0 Å². The molecule has 0 aliphatic carbocycles. The fraction of sp³-hybridized carbons (Fsp3) is 0.385. The summed E-state index contributed by atoms with van der Waals surface area (Å²) < 4.78 is 18.0. The molecule has 0 atom stereocenters. The minimum Gasteiger partial charge on any atom is -0.454 e. The maximum atomic E-state index is 13.2. The van der Waals surface area contributed by atoms with Gasteiger partial charge in [0.05, 0.1) is 5.56 Å². The third-order valence-corrected chi connectivity index (χ3v) is 2.26. The van der Waals surface area contributed by atoms with E-state index in [-0.39, 0.29) is 18.0 Å². The maximum Gasteiger partial charge on any atom is 0.341 e. The van der Waals surface area contributed by atoms with Crippen LogP contribution in [0.2, 0.25) is 0 Å². The Bertz CT molecular complexity index is 433. The molecule has 4 heteroatoms. The molecule has 0 spiro atoms. The summed E-state index contributed by atoms with van der Waals surface area (Å²) in [5.74, 6) is -1.68. The molecule has 0 aromatic heterocycles. The number of benzene rings is 1. The SMILES string of the molecule is CC(C)(C)C(=O)COC(=O)c1ccccc1F. The summed E-state index contributed by atoms with van der Waals surface area (Å²) in [5.41, 5.74) is -0.732. The molecule has 0 saturated heterocycles. The van der Waals surface area contributed by atoms with Gasteiger partial charge in [-0.05, 0) is 12.1 Å². The van der Waals surface area contributed by atoms with Crippen LogP contribution in [0.5, 0.6) is 0 Å². The van der Waals surface area contributed by atoms with Crippen molar-refractivity contribution in [2.24, 2.45) is 5.41 Å². The van der Waals surface area contributed by atoms with Gasteiger partial charge in [0, 0.05) is 5.41 Å². The first-order valence-corrected chi connectivity index (χ1v) is 5.27. The van der Waals surface area contributed by atoms with Crippen molar-refractivity contribution >= 4 is 11.8 Å². The summed E-state index contributed by atoms with van der Waals surface area (Å²) in [6.45, 7) is 4.85. The largest absolute Gasteiger partial charge is 0.454 e. The van der Waals surface area contributed by atoms with Gasteiger partial charge in [-0.25, -0.2) is 9.18 Å². The first-order valence-electron chi connectivity index (χ1n) is 5.27. The van der Waals surface area contributed by atoms with Crippen LogP contribution in [0.1, 0.15) is 31.1 Å². The van der Waals surface area contributed by atoms with E-state index in [9.17, 15) is 14.0 Å². The third kappa shape index (κ3) is 3.66. The molecule has 0 unspecified atom stereocenters. The van der Waals surface area contributed by atoms with Crippen molar-refractivity contribution in [3.05, 3.63) is 35.6 Å². The van der Waals surface area contributed by atoms with Crippen LogP contribution in [0.3, 0.4) is 0 Å². The van der Waals surface area contributed by atoms with E-state index >= 15 is 0 Å². The molecule has 0 N–H and O–H groups in total. The molecule has 3 nitrogen and oxygen atoms in total. The van der Waals surface area contributed by atoms with Gasteiger partial charge >= 0.3 is 5.97 Å². The zero-order valence-corrected chi connectivity index (χ0v) is 10.1. The zero-order valence-electron chi connectivity index (χ0n) is 10.1. The van der Waals surface area contributed by atoms with E-state index in [1.54, 1.807) is 20.8 Å². The predicted molar refractivity (Wildman–Crippen MR) is 61.1 cm³/mol. The number of Topliss-reactive ketones (excluding diaryl/α,β-unsaturated/α-hetero) is 1. The van der Waals surface area contributed by atoms with Crippen molar-refractivity contribution in [1.82, 2.24) is 0 Å². The number of esters is 1. The summed E-state index contributed by atoms with van der Waals surface area (Å²) >= 11 is 0. The topological polar surface area (TPSA) is 43.4 Å². The van der Waals surface area contributed by atoms with Crippen LogP contribution < -0.4 is 0 Å². The molecule has 0 heterocycles. The quantitative estimate of drug-likeness (QED) is 0.760. The summed E-state index contributed by atoms with van der Waals surface area (Å²) in [6.07, 6.45) is 0. The van der Waals surface area contributed by atoms with Gasteiger partial charge in [-0.2, -0.15) is 0 Å². The Labute approximate surface area is 99.6 Å². The van der Waals surface area contributed by atoms with Crippen LogP contribution in [0.4, 0.5) is 4.39 Å². The number of carbonyl (C=O) groups excluding carboxylic acids is 2. The van der Waals surface area contributed by atoms with Gasteiger partial charge in [-0.3, -0.25) is 4.79 Å².